The Bertz CT molecular complexity index is 1280. The van der Waals surface area contributed by atoms with E-state index in [-0.39, 0.29) is 5.41 Å². The monoisotopic (exact) mass is 477 g/mol. The van der Waals surface area contributed by atoms with Crippen LogP contribution in [0.2, 0.25) is 0 Å². The lowest BCUT2D eigenvalue weighted by Gasteiger charge is -2.53. The molecule has 0 amide bonds. The van der Waals surface area contributed by atoms with Gasteiger partial charge >= 0.3 is 0 Å². The van der Waals surface area contributed by atoms with E-state index >= 15 is 0 Å². The van der Waals surface area contributed by atoms with Crippen molar-refractivity contribution >= 4 is 5.69 Å². The first kappa shape index (κ1) is 23.3. The van der Waals surface area contributed by atoms with Gasteiger partial charge in [0.05, 0.1) is 12.2 Å². The molecule has 6 rings (SSSR count). The Morgan fingerprint density at radius 1 is 0.944 bits per heavy atom. The van der Waals surface area contributed by atoms with Gasteiger partial charge in [-0.15, -0.1) is 0 Å². The van der Waals surface area contributed by atoms with Crippen molar-refractivity contribution in [2.24, 2.45) is 17.3 Å². The number of benzene rings is 3. The lowest BCUT2D eigenvalue weighted by Crippen LogP contribution is -2.51. The number of rotatable bonds is 5. The fourth-order valence-corrected chi connectivity index (χ4v) is 7.82. The number of fused-ring (bicyclic) bond motifs is 5. The summed E-state index contributed by atoms with van der Waals surface area (Å²) in [4.78, 5) is 3.64. The highest BCUT2D eigenvalue weighted by molar-refractivity contribution is 5.51. The Kier molecular flexibility index (Phi) is 5.89. The molecule has 3 aliphatic rings. The SMILES string of the molecule is [C-]#[N+]c1ccc2c(c1)CCC1C2CC[C@@]2(C)C1CC[C@@]2(O)Cc1ccc(OCc2ccccc2)cc1. The third-order valence-electron chi connectivity index (χ3n) is 9.83. The molecule has 0 bridgehead atoms. The normalized spacial score (nSPS) is 30.5. The van der Waals surface area contributed by atoms with Crippen LogP contribution in [-0.4, -0.2) is 10.7 Å². The van der Waals surface area contributed by atoms with Crippen molar-refractivity contribution in [3.63, 3.8) is 0 Å². The van der Waals surface area contributed by atoms with Gasteiger partial charge in [-0.1, -0.05) is 73.2 Å². The molecule has 0 spiro atoms. The van der Waals surface area contributed by atoms with E-state index in [4.69, 9.17) is 11.3 Å². The van der Waals surface area contributed by atoms with Crippen LogP contribution < -0.4 is 4.74 Å². The van der Waals surface area contributed by atoms with Crippen LogP contribution in [-0.2, 0) is 19.4 Å². The number of aryl methyl sites for hydroxylation is 1. The predicted molar refractivity (Wildman–Crippen MR) is 143 cm³/mol. The summed E-state index contributed by atoms with van der Waals surface area (Å²) in [5.41, 5.74) is 5.26. The van der Waals surface area contributed by atoms with Gasteiger partial charge in [-0.05, 0) is 90.5 Å². The van der Waals surface area contributed by atoms with Crippen LogP contribution in [0.25, 0.3) is 4.85 Å². The van der Waals surface area contributed by atoms with Crippen LogP contribution >= 0.6 is 0 Å². The fourth-order valence-electron chi connectivity index (χ4n) is 7.82. The van der Waals surface area contributed by atoms with E-state index in [1.165, 1.54) is 23.1 Å². The van der Waals surface area contributed by atoms with Crippen LogP contribution in [0.1, 0.15) is 67.2 Å². The van der Waals surface area contributed by atoms with Crippen LogP contribution in [0.4, 0.5) is 5.69 Å². The molecular weight excluding hydrogens is 442 g/mol. The summed E-state index contributed by atoms with van der Waals surface area (Å²) in [7, 11) is 0. The molecule has 3 heteroatoms. The van der Waals surface area contributed by atoms with Gasteiger partial charge in [-0.25, -0.2) is 4.85 Å². The molecule has 0 radical (unpaired) electrons. The Morgan fingerprint density at radius 2 is 1.75 bits per heavy atom. The van der Waals surface area contributed by atoms with E-state index in [1.54, 1.807) is 0 Å². The molecular formula is C33H35NO2. The average Bonchev–Trinajstić information content (AvgIpc) is 3.18. The van der Waals surface area contributed by atoms with Crippen molar-refractivity contribution in [3.8, 4) is 5.75 Å². The molecule has 184 valence electrons. The summed E-state index contributed by atoms with van der Waals surface area (Å²) in [6.45, 7) is 10.3. The van der Waals surface area contributed by atoms with Gasteiger partial charge in [0, 0.05) is 6.42 Å². The third kappa shape index (κ3) is 3.93. The van der Waals surface area contributed by atoms with Gasteiger partial charge < -0.3 is 9.84 Å². The Labute approximate surface area is 215 Å². The molecule has 3 aliphatic carbocycles. The highest BCUT2D eigenvalue weighted by Crippen LogP contribution is 2.64. The van der Waals surface area contributed by atoms with E-state index in [9.17, 15) is 5.11 Å². The summed E-state index contributed by atoms with van der Waals surface area (Å²) in [6.07, 6.45) is 7.16. The summed E-state index contributed by atoms with van der Waals surface area (Å²) in [5.74, 6) is 2.64. The number of hydrogen-bond acceptors (Lipinski definition) is 2. The number of aliphatic hydroxyl groups is 1. The van der Waals surface area contributed by atoms with Crippen LogP contribution in [0.5, 0.6) is 5.75 Å². The predicted octanol–water partition coefficient (Wildman–Crippen LogP) is 7.65. The summed E-state index contributed by atoms with van der Waals surface area (Å²) in [5, 5.41) is 12.1. The molecule has 3 unspecified atom stereocenters. The summed E-state index contributed by atoms with van der Waals surface area (Å²) < 4.78 is 5.97. The van der Waals surface area contributed by atoms with E-state index < -0.39 is 5.60 Å². The van der Waals surface area contributed by atoms with E-state index in [2.05, 4.69) is 48.2 Å². The molecule has 0 saturated heterocycles. The van der Waals surface area contributed by atoms with Gasteiger partial charge in [-0.3, -0.25) is 0 Å². The van der Waals surface area contributed by atoms with Gasteiger partial charge in [0.15, 0.2) is 5.69 Å². The largest absolute Gasteiger partial charge is 0.489 e. The van der Waals surface area contributed by atoms with Crippen molar-refractivity contribution in [1.82, 2.24) is 0 Å². The van der Waals surface area contributed by atoms with Crippen molar-refractivity contribution in [2.75, 3.05) is 0 Å². The second-order valence-electron chi connectivity index (χ2n) is 11.5. The zero-order valence-corrected chi connectivity index (χ0v) is 21.1. The zero-order valence-electron chi connectivity index (χ0n) is 21.1. The molecule has 36 heavy (non-hydrogen) atoms. The maximum absolute atomic E-state index is 12.1. The third-order valence-corrected chi connectivity index (χ3v) is 9.83. The minimum atomic E-state index is -0.663. The van der Waals surface area contributed by atoms with Gasteiger partial charge in [0.2, 0.25) is 0 Å². The smallest absolute Gasteiger partial charge is 0.187 e. The van der Waals surface area contributed by atoms with Crippen LogP contribution in [0.3, 0.4) is 0 Å². The highest BCUT2D eigenvalue weighted by Gasteiger charge is 2.61. The number of hydrogen-bond donors (Lipinski definition) is 1. The first-order valence-corrected chi connectivity index (χ1v) is 13.5. The topological polar surface area (TPSA) is 33.8 Å². The van der Waals surface area contributed by atoms with Gasteiger partial charge in [0.25, 0.3) is 0 Å². The second-order valence-corrected chi connectivity index (χ2v) is 11.5. The first-order valence-electron chi connectivity index (χ1n) is 13.5. The summed E-state index contributed by atoms with van der Waals surface area (Å²) >= 11 is 0. The molecule has 3 aromatic carbocycles. The Hall–Kier alpha value is -3.09. The standard InChI is InChI=1S/C33H35NO2/c1-32-18-16-29-28-15-11-26(34-2)20-25(28)10-14-30(29)31(32)17-19-33(32,35)21-23-8-12-27(13-9-23)36-22-24-6-4-3-5-7-24/h3-9,11-13,15,20,29-31,35H,10,14,16-19,21-22H2,1H3/t29?,30?,31?,32-,33+/m0/s1. The molecule has 0 heterocycles. The van der Waals surface area contributed by atoms with Crippen LogP contribution in [0.15, 0.2) is 72.8 Å². The Balaban J connectivity index is 1.16. The lowest BCUT2D eigenvalue weighted by atomic mass is 9.53. The zero-order chi connectivity index (χ0) is 24.8. The molecule has 3 aromatic rings. The maximum atomic E-state index is 12.1. The first-order chi connectivity index (χ1) is 17.5. The van der Waals surface area contributed by atoms with E-state index in [0.29, 0.717) is 30.8 Å². The van der Waals surface area contributed by atoms with Crippen molar-refractivity contribution in [1.29, 1.82) is 0 Å². The highest BCUT2D eigenvalue weighted by atomic mass is 16.5. The van der Waals surface area contributed by atoms with Gasteiger partial charge in [0.1, 0.15) is 12.4 Å². The Morgan fingerprint density at radius 3 is 2.53 bits per heavy atom. The number of ether oxygens (including phenoxy) is 1. The molecule has 0 aromatic heterocycles. The maximum Gasteiger partial charge on any atom is 0.187 e. The number of nitrogens with zero attached hydrogens (tertiary/aromatic N) is 1. The minimum Gasteiger partial charge on any atom is -0.489 e. The van der Waals surface area contributed by atoms with Crippen molar-refractivity contribution in [2.45, 2.75) is 70.0 Å². The lowest BCUT2D eigenvalue weighted by molar-refractivity contribution is -0.102. The van der Waals surface area contributed by atoms with Crippen molar-refractivity contribution < 1.29 is 9.84 Å². The molecule has 1 N–H and O–H groups in total. The fraction of sp³-hybridized carbons (Fsp3) is 0.424. The molecule has 5 atom stereocenters. The minimum absolute atomic E-state index is 0.0510. The molecule has 0 aliphatic heterocycles. The van der Waals surface area contributed by atoms with Gasteiger partial charge in [-0.2, -0.15) is 0 Å². The average molecular weight is 478 g/mol. The van der Waals surface area contributed by atoms with E-state index in [1.807, 2.05) is 36.4 Å². The van der Waals surface area contributed by atoms with E-state index in [0.717, 1.165) is 49.1 Å². The molecule has 2 saturated carbocycles. The second kappa shape index (κ2) is 9.09. The van der Waals surface area contributed by atoms with Crippen LogP contribution in [0, 0.1) is 23.8 Å². The molecule has 3 nitrogen and oxygen atoms in total. The quantitative estimate of drug-likeness (QED) is 0.383. The van der Waals surface area contributed by atoms with Crippen molar-refractivity contribution in [3.05, 3.63) is 106 Å². The molecule has 2 fully saturated rings. The summed E-state index contributed by atoms with van der Waals surface area (Å²) in [6, 6.07) is 24.9.